The zero-order valence-electron chi connectivity index (χ0n) is 8.66. The van der Waals surface area contributed by atoms with Crippen LogP contribution in [0.4, 0.5) is 5.69 Å². The van der Waals surface area contributed by atoms with Crippen LogP contribution in [0.15, 0.2) is 28.1 Å². The monoisotopic (exact) mass is 268 g/mol. The summed E-state index contributed by atoms with van der Waals surface area (Å²) in [6.07, 6.45) is 0.600. The number of benzene rings is 1. The third kappa shape index (κ3) is 2.86. The lowest BCUT2D eigenvalue weighted by atomic mass is 10.2. The molecule has 1 heterocycles. The molecule has 17 heavy (non-hydrogen) atoms. The lowest BCUT2D eigenvalue weighted by Gasteiger charge is -2.02. The molecule has 0 saturated heterocycles. The van der Waals surface area contributed by atoms with Crippen LogP contribution in [0, 0.1) is 10.1 Å². The zero-order valence-corrected chi connectivity index (χ0v) is 10.3. The van der Waals surface area contributed by atoms with Crippen LogP contribution in [-0.4, -0.2) is 27.9 Å². The number of nitro groups is 1. The topological polar surface area (TPSA) is 72.6 Å². The van der Waals surface area contributed by atoms with Gasteiger partial charge in [0.05, 0.1) is 16.4 Å². The Kier molecular flexibility index (Phi) is 3.80. The smallest absolute Gasteiger partial charge is 0.284 e. The van der Waals surface area contributed by atoms with Crippen molar-refractivity contribution in [2.45, 2.75) is 4.90 Å². The average Bonchev–Trinajstić information content (AvgIpc) is 2.82. The molecule has 5 nitrogen and oxygen atoms in total. The summed E-state index contributed by atoms with van der Waals surface area (Å²) in [5.41, 5.74) is 0.261. The van der Waals surface area contributed by atoms with Gasteiger partial charge in [0.25, 0.3) is 5.69 Å². The molecule has 0 radical (unpaired) electrons. The van der Waals surface area contributed by atoms with Crippen LogP contribution in [0.5, 0.6) is 0 Å². The molecule has 0 aliphatic carbocycles. The molecule has 0 N–H and O–H groups in total. The van der Waals surface area contributed by atoms with Crippen molar-refractivity contribution in [1.29, 1.82) is 0 Å². The molecule has 0 bridgehead atoms. The minimum Gasteiger partial charge on any atom is -0.298 e. The summed E-state index contributed by atoms with van der Waals surface area (Å²) in [5, 5.41) is 10.9. The summed E-state index contributed by atoms with van der Waals surface area (Å²) in [7, 11) is 0. The van der Waals surface area contributed by atoms with E-state index in [0.29, 0.717) is 16.7 Å². The quantitative estimate of drug-likeness (QED) is 0.478. The number of nitrogens with zero attached hydrogens (tertiary/aromatic N) is 2. The molecule has 0 atom stereocenters. The van der Waals surface area contributed by atoms with Crippen LogP contribution in [0.2, 0.25) is 0 Å². The van der Waals surface area contributed by atoms with Crippen LogP contribution in [-0.2, 0) is 0 Å². The Morgan fingerprint density at radius 3 is 2.94 bits per heavy atom. The second-order valence-corrected chi connectivity index (χ2v) is 5.57. The molecule has 1 aliphatic rings. The molecule has 0 unspecified atom stereocenters. The summed E-state index contributed by atoms with van der Waals surface area (Å²) < 4.78 is 0.840. The first-order valence-corrected chi connectivity index (χ1v) is 6.59. The van der Waals surface area contributed by atoms with Crippen molar-refractivity contribution in [2.75, 3.05) is 12.3 Å². The third-order valence-electron chi connectivity index (χ3n) is 2.07. The largest absolute Gasteiger partial charge is 0.298 e. The van der Waals surface area contributed by atoms with E-state index in [4.69, 9.17) is 0 Å². The SMILES string of the molecule is O=Cc1ccc(SC2=NCCS2)c([N+](=O)[O-])c1. The van der Waals surface area contributed by atoms with Gasteiger partial charge in [-0.2, -0.15) is 0 Å². The van der Waals surface area contributed by atoms with Crippen molar-refractivity contribution in [2.24, 2.45) is 4.99 Å². The first-order valence-electron chi connectivity index (χ1n) is 4.79. The molecular weight excluding hydrogens is 260 g/mol. The van der Waals surface area contributed by atoms with Gasteiger partial charge in [-0.05, 0) is 6.07 Å². The lowest BCUT2D eigenvalue weighted by molar-refractivity contribution is -0.387. The Morgan fingerprint density at radius 1 is 1.53 bits per heavy atom. The molecule has 7 heteroatoms. The van der Waals surface area contributed by atoms with E-state index in [9.17, 15) is 14.9 Å². The van der Waals surface area contributed by atoms with E-state index < -0.39 is 4.92 Å². The van der Waals surface area contributed by atoms with E-state index in [0.717, 1.165) is 16.7 Å². The highest BCUT2D eigenvalue weighted by Gasteiger charge is 2.18. The fraction of sp³-hybridized carbons (Fsp3) is 0.200. The molecule has 1 aliphatic heterocycles. The molecule has 0 amide bonds. The zero-order chi connectivity index (χ0) is 12.3. The molecule has 1 aromatic rings. The standard InChI is InChI=1S/C10H8N2O3S2/c13-6-7-1-2-9(8(5-7)12(14)15)17-10-11-3-4-16-10/h1-2,5-6H,3-4H2. The van der Waals surface area contributed by atoms with Crippen LogP contribution < -0.4 is 0 Å². The van der Waals surface area contributed by atoms with E-state index in [1.54, 1.807) is 23.9 Å². The van der Waals surface area contributed by atoms with Gasteiger partial charge in [-0.15, -0.1) is 0 Å². The number of aldehydes is 1. The normalized spacial score (nSPS) is 14.5. The maximum absolute atomic E-state index is 10.9. The fourth-order valence-corrected chi connectivity index (χ4v) is 3.32. The number of thioether (sulfide) groups is 2. The molecule has 0 spiro atoms. The second kappa shape index (κ2) is 5.33. The maximum Gasteiger partial charge on any atom is 0.284 e. The van der Waals surface area contributed by atoms with E-state index in [-0.39, 0.29) is 5.69 Å². The highest BCUT2D eigenvalue weighted by Crippen LogP contribution is 2.35. The molecule has 0 saturated carbocycles. The minimum atomic E-state index is -0.477. The number of rotatable bonds is 3. The van der Waals surface area contributed by atoms with Gasteiger partial charge in [0.15, 0.2) is 0 Å². The predicted octanol–water partition coefficient (Wildman–Crippen LogP) is 2.60. The number of aliphatic imine (C=N–C) groups is 1. The molecule has 1 aromatic carbocycles. The van der Waals surface area contributed by atoms with Gasteiger partial charge in [0.1, 0.15) is 10.7 Å². The molecular formula is C10H8N2O3S2. The van der Waals surface area contributed by atoms with Gasteiger partial charge in [-0.3, -0.25) is 19.9 Å². The summed E-state index contributed by atoms with van der Waals surface area (Å²) in [6, 6.07) is 4.45. The van der Waals surface area contributed by atoms with Crippen molar-refractivity contribution >= 4 is 39.9 Å². The predicted molar refractivity (Wildman–Crippen MR) is 69.1 cm³/mol. The Hall–Kier alpha value is -1.34. The summed E-state index contributed by atoms with van der Waals surface area (Å²) in [4.78, 5) is 25.7. The number of hydrogen-bond donors (Lipinski definition) is 0. The summed E-state index contributed by atoms with van der Waals surface area (Å²) >= 11 is 2.87. The number of hydrogen-bond acceptors (Lipinski definition) is 6. The molecule has 2 rings (SSSR count). The number of nitro benzene ring substituents is 1. The van der Waals surface area contributed by atoms with Gasteiger partial charge in [-0.1, -0.05) is 29.6 Å². The molecule has 88 valence electrons. The average molecular weight is 268 g/mol. The van der Waals surface area contributed by atoms with Crippen LogP contribution in [0.25, 0.3) is 0 Å². The van der Waals surface area contributed by atoms with Gasteiger partial charge < -0.3 is 0 Å². The van der Waals surface area contributed by atoms with E-state index in [2.05, 4.69) is 4.99 Å². The van der Waals surface area contributed by atoms with Gasteiger partial charge in [-0.25, -0.2) is 0 Å². The molecule has 0 aromatic heterocycles. The Morgan fingerprint density at radius 2 is 2.35 bits per heavy atom. The summed E-state index contributed by atoms with van der Waals surface area (Å²) in [5.74, 6) is 0.919. The van der Waals surface area contributed by atoms with E-state index >= 15 is 0 Å². The second-order valence-electron chi connectivity index (χ2n) is 3.20. The Bertz CT molecular complexity index is 502. The highest BCUT2D eigenvalue weighted by molar-refractivity contribution is 8.39. The van der Waals surface area contributed by atoms with Crippen molar-refractivity contribution in [3.63, 3.8) is 0 Å². The highest BCUT2D eigenvalue weighted by atomic mass is 32.2. The minimum absolute atomic E-state index is 0.0465. The van der Waals surface area contributed by atoms with Gasteiger partial charge in [0, 0.05) is 17.4 Å². The van der Waals surface area contributed by atoms with Crippen LogP contribution in [0.3, 0.4) is 0 Å². The van der Waals surface area contributed by atoms with E-state index in [1.807, 2.05) is 0 Å². The van der Waals surface area contributed by atoms with Crippen LogP contribution >= 0.6 is 23.5 Å². The van der Waals surface area contributed by atoms with Gasteiger partial charge >= 0.3 is 0 Å². The first-order chi connectivity index (χ1) is 8.20. The van der Waals surface area contributed by atoms with Gasteiger partial charge in [0.2, 0.25) is 0 Å². The Labute approximate surface area is 106 Å². The first kappa shape index (κ1) is 12.1. The van der Waals surface area contributed by atoms with Crippen molar-refractivity contribution in [3.8, 4) is 0 Å². The molecule has 0 fully saturated rings. The number of carbonyl (C=O) groups excluding carboxylic acids is 1. The lowest BCUT2D eigenvalue weighted by Crippen LogP contribution is -1.94. The maximum atomic E-state index is 10.9. The van der Waals surface area contributed by atoms with Crippen molar-refractivity contribution < 1.29 is 9.72 Å². The van der Waals surface area contributed by atoms with Crippen LogP contribution in [0.1, 0.15) is 10.4 Å². The fourth-order valence-electron chi connectivity index (χ4n) is 1.31. The Balaban J connectivity index is 2.31. The summed E-state index contributed by atoms with van der Waals surface area (Å²) in [6.45, 7) is 0.757. The van der Waals surface area contributed by atoms with Crippen molar-refractivity contribution in [3.05, 3.63) is 33.9 Å². The number of carbonyl (C=O) groups is 1. The third-order valence-corrected chi connectivity index (χ3v) is 4.31. The van der Waals surface area contributed by atoms with E-state index in [1.165, 1.54) is 17.8 Å². The van der Waals surface area contributed by atoms with Crippen molar-refractivity contribution in [1.82, 2.24) is 0 Å².